The van der Waals surface area contributed by atoms with Crippen molar-refractivity contribution in [3.63, 3.8) is 0 Å². The standard InChI is InChI=1S/C15H28O4/c1-13(2,3)12-5-7-15(18-9-10-19-15)14(17,11-12)6-4-8-16/h12,16-17H,4-11H2,1-3H3. The summed E-state index contributed by atoms with van der Waals surface area (Å²) in [6.07, 6.45) is 3.58. The third-order valence-electron chi connectivity index (χ3n) is 4.84. The van der Waals surface area contributed by atoms with Gasteiger partial charge in [-0.3, -0.25) is 0 Å². The molecule has 1 aliphatic carbocycles. The van der Waals surface area contributed by atoms with Crippen LogP contribution in [0.25, 0.3) is 0 Å². The Hall–Kier alpha value is -0.160. The summed E-state index contributed by atoms with van der Waals surface area (Å²) < 4.78 is 11.6. The fourth-order valence-corrected chi connectivity index (χ4v) is 3.53. The maximum absolute atomic E-state index is 11.1. The molecule has 0 bridgehead atoms. The Morgan fingerprint density at radius 3 is 2.37 bits per heavy atom. The minimum atomic E-state index is -0.970. The highest BCUT2D eigenvalue weighted by Crippen LogP contribution is 2.51. The van der Waals surface area contributed by atoms with Crippen LogP contribution in [0.4, 0.5) is 0 Å². The molecule has 1 saturated heterocycles. The quantitative estimate of drug-likeness (QED) is 0.826. The first-order chi connectivity index (χ1) is 8.83. The topological polar surface area (TPSA) is 58.9 Å². The van der Waals surface area contributed by atoms with Crippen LogP contribution in [-0.2, 0) is 9.47 Å². The number of hydrogen-bond donors (Lipinski definition) is 2. The highest BCUT2D eigenvalue weighted by molar-refractivity contribution is 5.03. The van der Waals surface area contributed by atoms with Gasteiger partial charge in [-0.25, -0.2) is 0 Å². The molecule has 2 fully saturated rings. The fraction of sp³-hybridized carbons (Fsp3) is 1.00. The zero-order valence-corrected chi connectivity index (χ0v) is 12.4. The van der Waals surface area contributed by atoms with Crippen LogP contribution in [0.3, 0.4) is 0 Å². The highest BCUT2D eigenvalue weighted by atomic mass is 16.7. The lowest BCUT2D eigenvalue weighted by molar-refractivity contribution is -0.298. The largest absolute Gasteiger partial charge is 0.396 e. The Morgan fingerprint density at radius 1 is 1.21 bits per heavy atom. The minimum Gasteiger partial charge on any atom is -0.396 e. The molecular formula is C15H28O4. The van der Waals surface area contributed by atoms with Gasteiger partial charge in [-0.1, -0.05) is 20.8 Å². The molecule has 0 aromatic rings. The first kappa shape index (κ1) is 15.2. The van der Waals surface area contributed by atoms with Crippen LogP contribution in [0.1, 0.15) is 52.9 Å². The zero-order valence-electron chi connectivity index (χ0n) is 12.4. The molecule has 2 rings (SSSR count). The maximum atomic E-state index is 11.1. The van der Waals surface area contributed by atoms with Gasteiger partial charge in [-0.2, -0.15) is 0 Å². The van der Waals surface area contributed by atoms with Gasteiger partial charge in [0.15, 0.2) is 5.79 Å². The SMILES string of the molecule is CC(C)(C)C1CCC2(OCCO2)C(O)(CCCO)C1. The second-order valence-corrected chi connectivity index (χ2v) is 7.11. The van der Waals surface area contributed by atoms with Crippen LogP contribution >= 0.6 is 0 Å². The van der Waals surface area contributed by atoms with Gasteiger partial charge in [-0.15, -0.1) is 0 Å². The van der Waals surface area contributed by atoms with Crippen LogP contribution in [0.2, 0.25) is 0 Å². The Labute approximate surface area is 116 Å². The molecule has 0 radical (unpaired) electrons. The van der Waals surface area contributed by atoms with E-state index in [1.807, 2.05) is 0 Å². The summed E-state index contributed by atoms with van der Waals surface area (Å²) in [5.74, 6) is -0.376. The van der Waals surface area contributed by atoms with E-state index >= 15 is 0 Å². The summed E-state index contributed by atoms with van der Waals surface area (Å²) in [5.41, 5.74) is -0.796. The van der Waals surface area contributed by atoms with E-state index in [0.717, 1.165) is 12.8 Å². The lowest BCUT2D eigenvalue weighted by Crippen LogP contribution is -2.60. The van der Waals surface area contributed by atoms with Gasteiger partial charge in [0, 0.05) is 13.0 Å². The van der Waals surface area contributed by atoms with E-state index in [9.17, 15) is 5.11 Å². The van der Waals surface area contributed by atoms with Crippen LogP contribution in [-0.4, -0.2) is 41.4 Å². The summed E-state index contributed by atoms with van der Waals surface area (Å²) in [6, 6.07) is 0. The van der Waals surface area contributed by atoms with Crippen molar-refractivity contribution in [1.29, 1.82) is 0 Å². The van der Waals surface area contributed by atoms with E-state index in [-0.39, 0.29) is 12.0 Å². The molecule has 1 spiro atoms. The van der Waals surface area contributed by atoms with Gasteiger partial charge in [0.1, 0.15) is 5.60 Å². The van der Waals surface area contributed by atoms with Gasteiger partial charge in [0.25, 0.3) is 0 Å². The molecule has 1 saturated carbocycles. The first-order valence-electron chi connectivity index (χ1n) is 7.44. The molecule has 0 aromatic heterocycles. The lowest BCUT2D eigenvalue weighted by Gasteiger charge is -2.51. The third kappa shape index (κ3) is 2.82. The lowest BCUT2D eigenvalue weighted by atomic mass is 9.64. The average molecular weight is 272 g/mol. The number of rotatable bonds is 3. The average Bonchev–Trinajstić information content (AvgIpc) is 2.79. The molecule has 4 nitrogen and oxygen atoms in total. The minimum absolute atomic E-state index is 0.0958. The van der Waals surface area contributed by atoms with E-state index in [1.165, 1.54) is 0 Å². The molecule has 0 aromatic carbocycles. The Morgan fingerprint density at radius 2 is 1.84 bits per heavy atom. The van der Waals surface area contributed by atoms with E-state index in [2.05, 4.69) is 20.8 Å². The smallest absolute Gasteiger partial charge is 0.197 e. The molecule has 1 aliphatic heterocycles. The molecule has 2 atom stereocenters. The fourth-order valence-electron chi connectivity index (χ4n) is 3.53. The summed E-state index contributed by atoms with van der Waals surface area (Å²) in [4.78, 5) is 0. The van der Waals surface area contributed by atoms with E-state index in [0.29, 0.717) is 38.4 Å². The van der Waals surface area contributed by atoms with Crippen LogP contribution in [0, 0.1) is 11.3 Å². The van der Waals surface area contributed by atoms with Crippen molar-refractivity contribution in [3.8, 4) is 0 Å². The molecule has 0 amide bonds. The van der Waals surface area contributed by atoms with Crippen molar-refractivity contribution in [2.75, 3.05) is 19.8 Å². The van der Waals surface area contributed by atoms with Gasteiger partial charge in [0.05, 0.1) is 13.2 Å². The molecular weight excluding hydrogens is 244 g/mol. The second kappa shape index (κ2) is 5.32. The van der Waals surface area contributed by atoms with E-state index < -0.39 is 11.4 Å². The molecule has 2 aliphatic rings. The van der Waals surface area contributed by atoms with E-state index in [1.54, 1.807) is 0 Å². The molecule has 2 N–H and O–H groups in total. The Bertz CT molecular complexity index is 304. The Balaban J connectivity index is 2.18. The summed E-state index contributed by atoms with van der Waals surface area (Å²) in [7, 11) is 0. The van der Waals surface area contributed by atoms with Crippen LogP contribution < -0.4 is 0 Å². The van der Waals surface area contributed by atoms with Gasteiger partial charge >= 0.3 is 0 Å². The normalized spacial score (nSPS) is 34.9. The van der Waals surface area contributed by atoms with Crippen molar-refractivity contribution in [1.82, 2.24) is 0 Å². The molecule has 4 heteroatoms. The summed E-state index contributed by atoms with van der Waals surface area (Å²) >= 11 is 0. The van der Waals surface area contributed by atoms with Gasteiger partial charge < -0.3 is 19.7 Å². The van der Waals surface area contributed by atoms with E-state index in [4.69, 9.17) is 14.6 Å². The summed E-state index contributed by atoms with van der Waals surface area (Å²) in [5, 5.41) is 20.2. The predicted octanol–water partition coefficient (Wildman–Crippen LogP) is 2.08. The molecule has 112 valence electrons. The van der Waals surface area contributed by atoms with Gasteiger partial charge in [0.2, 0.25) is 0 Å². The number of ether oxygens (including phenoxy) is 2. The number of hydrogen-bond acceptors (Lipinski definition) is 4. The molecule has 19 heavy (non-hydrogen) atoms. The van der Waals surface area contributed by atoms with Crippen LogP contribution in [0.5, 0.6) is 0 Å². The van der Waals surface area contributed by atoms with Crippen LogP contribution in [0.15, 0.2) is 0 Å². The number of aliphatic hydroxyl groups is 2. The highest BCUT2D eigenvalue weighted by Gasteiger charge is 2.58. The molecule has 1 heterocycles. The van der Waals surface area contributed by atoms with Crippen molar-refractivity contribution in [2.24, 2.45) is 11.3 Å². The first-order valence-corrected chi connectivity index (χ1v) is 7.44. The second-order valence-electron chi connectivity index (χ2n) is 7.11. The van der Waals surface area contributed by atoms with Crippen molar-refractivity contribution < 1.29 is 19.7 Å². The maximum Gasteiger partial charge on any atom is 0.197 e. The van der Waals surface area contributed by atoms with Crippen molar-refractivity contribution in [2.45, 2.75) is 64.3 Å². The van der Waals surface area contributed by atoms with Crippen molar-refractivity contribution >= 4 is 0 Å². The third-order valence-corrected chi connectivity index (χ3v) is 4.84. The van der Waals surface area contributed by atoms with Gasteiger partial charge in [-0.05, 0) is 37.0 Å². The molecule has 2 unspecified atom stereocenters. The zero-order chi connectivity index (χ0) is 14.1. The predicted molar refractivity (Wildman–Crippen MR) is 72.7 cm³/mol. The Kier molecular flexibility index (Phi) is 4.26. The summed E-state index contributed by atoms with van der Waals surface area (Å²) in [6.45, 7) is 7.87. The monoisotopic (exact) mass is 272 g/mol. The van der Waals surface area contributed by atoms with Crippen molar-refractivity contribution in [3.05, 3.63) is 0 Å². The number of aliphatic hydroxyl groups excluding tert-OH is 1.